The first-order chi connectivity index (χ1) is 17.6. The lowest BCUT2D eigenvalue weighted by Gasteiger charge is -2.15. The van der Waals surface area contributed by atoms with E-state index in [1.807, 2.05) is 0 Å². The molecule has 0 spiro atoms. The maximum atomic E-state index is 13.8. The van der Waals surface area contributed by atoms with Gasteiger partial charge in [-0.15, -0.1) is 0 Å². The predicted octanol–water partition coefficient (Wildman–Crippen LogP) is 5.98. The average Bonchev–Trinajstić information content (AvgIpc) is 3.30. The fourth-order valence-electron chi connectivity index (χ4n) is 3.74. The molecule has 188 valence electrons. The van der Waals surface area contributed by atoms with E-state index in [-0.39, 0.29) is 29.0 Å². The van der Waals surface area contributed by atoms with Gasteiger partial charge in [-0.2, -0.15) is 13.2 Å². The Labute approximate surface area is 211 Å². The van der Waals surface area contributed by atoms with Crippen molar-refractivity contribution < 1.29 is 22.8 Å². The Bertz CT molecular complexity index is 1470. The van der Waals surface area contributed by atoms with Crippen molar-refractivity contribution in [2.45, 2.75) is 26.4 Å². The highest BCUT2D eigenvalue weighted by atomic mass is 19.4. The van der Waals surface area contributed by atoms with Crippen molar-refractivity contribution in [3.8, 4) is 5.69 Å². The maximum Gasteiger partial charge on any atom is 0.418 e. The van der Waals surface area contributed by atoms with Crippen molar-refractivity contribution in [2.24, 2.45) is 0 Å². The van der Waals surface area contributed by atoms with Crippen molar-refractivity contribution in [1.29, 1.82) is 0 Å². The number of Topliss-reactive ketones (excluding diaryl/α,β-unsaturated/α-hetero) is 1. The lowest BCUT2D eigenvalue weighted by Crippen LogP contribution is -2.13. The zero-order chi connectivity index (χ0) is 26.6. The van der Waals surface area contributed by atoms with Crippen LogP contribution in [0.3, 0.4) is 0 Å². The van der Waals surface area contributed by atoms with Gasteiger partial charge in [0.25, 0.3) is 0 Å². The number of halogens is 3. The molecule has 0 aliphatic rings. The summed E-state index contributed by atoms with van der Waals surface area (Å²) in [5, 5.41) is 2.74. The second-order valence-electron chi connectivity index (χ2n) is 8.51. The van der Waals surface area contributed by atoms with Crippen LogP contribution in [0.15, 0.2) is 79.5 Å². The van der Waals surface area contributed by atoms with Crippen molar-refractivity contribution in [3.63, 3.8) is 0 Å². The second kappa shape index (κ2) is 10.6. The van der Waals surface area contributed by atoms with Crippen molar-refractivity contribution in [2.75, 3.05) is 5.32 Å². The number of hydrogen-bond donors (Lipinski definition) is 1. The molecule has 0 fully saturated rings. The van der Waals surface area contributed by atoms with Crippen LogP contribution >= 0.6 is 0 Å². The molecule has 0 unspecified atom stereocenters. The number of rotatable bonds is 7. The first-order valence-electron chi connectivity index (χ1n) is 11.3. The zero-order valence-electron chi connectivity index (χ0n) is 20.1. The van der Waals surface area contributed by atoms with E-state index in [0.29, 0.717) is 11.4 Å². The molecule has 0 aliphatic carbocycles. The molecule has 0 aliphatic heterocycles. The molecule has 1 N–H and O–H groups in total. The van der Waals surface area contributed by atoms with Crippen molar-refractivity contribution >= 4 is 23.5 Å². The van der Waals surface area contributed by atoms with Crippen LogP contribution in [0.25, 0.3) is 11.8 Å². The first-order valence-corrected chi connectivity index (χ1v) is 11.3. The number of aromatic nitrogens is 3. The SMILES string of the molecule is Cc1cn(-c2ccc(CC(=O)c3ccc(C)c(NC(=O)/C=C/c4cccnc4)c3)cc2C(F)(F)F)cn1. The summed E-state index contributed by atoms with van der Waals surface area (Å²) in [5.74, 6) is -0.766. The summed E-state index contributed by atoms with van der Waals surface area (Å²) < 4.78 is 42.7. The van der Waals surface area contributed by atoms with Gasteiger partial charge in [-0.3, -0.25) is 14.6 Å². The lowest BCUT2D eigenvalue weighted by atomic mass is 9.99. The van der Waals surface area contributed by atoms with Crippen molar-refractivity contribution in [1.82, 2.24) is 14.5 Å². The number of carbonyl (C=O) groups is 2. The molecule has 4 rings (SSSR count). The summed E-state index contributed by atoms with van der Waals surface area (Å²) in [6.45, 7) is 3.47. The van der Waals surface area contributed by atoms with E-state index >= 15 is 0 Å². The highest BCUT2D eigenvalue weighted by Crippen LogP contribution is 2.35. The highest BCUT2D eigenvalue weighted by Gasteiger charge is 2.34. The third-order valence-electron chi connectivity index (χ3n) is 5.65. The van der Waals surface area contributed by atoms with Crippen LogP contribution in [-0.2, 0) is 17.4 Å². The number of hydrogen-bond acceptors (Lipinski definition) is 4. The van der Waals surface area contributed by atoms with Gasteiger partial charge < -0.3 is 9.88 Å². The first kappa shape index (κ1) is 25.6. The van der Waals surface area contributed by atoms with Gasteiger partial charge in [0.1, 0.15) is 0 Å². The summed E-state index contributed by atoms with van der Waals surface area (Å²) in [5.41, 5.74) is 2.10. The number of alkyl halides is 3. The molecule has 2 aromatic heterocycles. The van der Waals surface area contributed by atoms with Crippen LogP contribution in [-0.4, -0.2) is 26.2 Å². The number of anilines is 1. The molecule has 2 heterocycles. The van der Waals surface area contributed by atoms with Gasteiger partial charge in [0.15, 0.2) is 5.78 Å². The summed E-state index contributed by atoms with van der Waals surface area (Å²) in [4.78, 5) is 33.3. The van der Waals surface area contributed by atoms with E-state index in [2.05, 4.69) is 15.3 Å². The van der Waals surface area contributed by atoms with E-state index < -0.39 is 17.6 Å². The molecule has 4 aromatic rings. The van der Waals surface area contributed by atoms with E-state index in [1.54, 1.807) is 56.6 Å². The molecule has 1 amide bonds. The Balaban J connectivity index is 1.52. The smallest absolute Gasteiger partial charge is 0.322 e. The Hall–Kier alpha value is -4.53. The lowest BCUT2D eigenvalue weighted by molar-refractivity contribution is -0.137. The fraction of sp³-hybridized carbons (Fsp3) is 0.143. The summed E-state index contributed by atoms with van der Waals surface area (Å²) in [7, 11) is 0. The number of benzene rings is 2. The van der Waals surface area contributed by atoms with Gasteiger partial charge in [-0.1, -0.05) is 24.3 Å². The van der Waals surface area contributed by atoms with Crippen LogP contribution in [0, 0.1) is 13.8 Å². The number of pyridine rings is 1. The monoisotopic (exact) mass is 504 g/mol. The maximum absolute atomic E-state index is 13.8. The van der Waals surface area contributed by atoms with Gasteiger partial charge in [-0.25, -0.2) is 4.98 Å². The Morgan fingerprint density at radius 1 is 1.08 bits per heavy atom. The largest absolute Gasteiger partial charge is 0.418 e. The number of nitrogens with one attached hydrogen (secondary N) is 1. The molecule has 0 radical (unpaired) electrons. The van der Waals surface area contributed by atoms with Gasteiger partial charge in [-0.05, 0) is 60.9 Å². The van der Waals surface area contributed by atoms with Crippen LogP contribution in [0.1, 0.15) is 38.3 Å². The van der Waals surface area contributed by atoms with E-state index in [0.717, 1.165) is 17.2 Å². The predicted molar refractivity (Wildman–Crippen MR) is 134 cm³/mol. The topological polar surface area (TPSA) is 76.9 Å². The van der Waals surface area contributed by atoms with Gasteiger partial charge in [0.2, 0.25) is 5.91 Å². The molecule has 0 saturated carbocycles. The molecule has 0 bridgehead atoms. The molecule has 0 saturated heterocycles. The minimum absolute atomic E-state index is 0.0658. The number of imidazole rings is 1. The second-order valence-corrected chi connectivity index (χ2v) is 8.51. The molecule has 9 heteroatoms. The Kier molecular flexibility index (Phi) is 7.33. The van der Waals surface area contributed by atoms with Crippen LogP contribution in [0.2, 0.25) is 0 Å². The summed E-state index contributed by atoms with van der Waals surface area (Å²) in [6, 6.07) is 12.2. The van der Waals surface area contributed by atoms with Crippen molar-refractivity contribution in [3.05, 3.63) is 113 Å². The Morgan fingerprint density at radius 2 is 1.89 bits per heavy atom. The molecular formula is C28H23F3N4O2. The third kappa shape index (κ3) is 6.38. The number of ketones is 1. The quantitative estimate of drug-likeness (QED) is 0.248. The number of carbonyl (C=O) groups excluding carboxylic acids is 2. The number of amides is 1. The minimum atomic E-state index is -4.61. The standard InChI is InChI=1S/C28H23F3N4O2/c1-18-5-8-22(14-24(18)34-27(37)10-7-20-4-3-11-32-15-20)26(36)13-21-6-9-25(23(12-21)28(29,30)31)35-16-19(2)33-17-35/h3-12,14-17H,13H2,1-2H3,(H,34,37)/b10-7+. The highest BCUT2D eigenvalue weighted by molar-refractivity contribution is 6.04. The fourth-order valence-corrected chi connectivity index (χ4v) is 3.74. The molecule has 0 atom stereocenters. The normalized spacial score (nSPS) is 11.6. The van der Waals surface area contributed by atoms with Crippen LogP contribution < -0.4 is 5.32 Å². The molecule has 6 nitrogen and oxygen atoms in total. The molecule has 2 aromatic carbocycles. The Morgan fingerprint density at radius 3 is 2.57 bits per heavy atom. The third-order valence-corrected chi connectivity index (χ3v) is 5.65. The molecule has 37 heavy (non-hydrogen) atoms. The van der Waals surface area contributed by atoms with E-state index in [4.69, 9.17) is 0 Å². The minimum Gasteiger partial charge on any atom is -0.322 e. The van der Waals surface area contributed by atoms with Gasteiger partial charge >= 0.3 is 6.18 Å². The van der Waals surface area contributed by atoms with Crippen LogP contribution in [0.4, 0.5) is 18.9 Å². The molecular weight excluding hydrogens is 481 g/mol. The summed E-state index contributed by atoms with van der Waals surface area (Å²) >= 11 is 0. The summed E-state index contributed by atoms with van der Waals surface area (Å²) in [6.07, 6.45) is 4.18. The zero-order valence-corrected chi connectivity index (χ0v) is 20.1. The number of aryl methyl sites for hydroxylation is 2. The number of nitrogens with zero attached hydrogens (tertiary/aromatic N) is 3. The van der Waals surface area contributed by atoms with Gasteiger partial charge in [0.05, 0.1) is 23.3 Å². The van der Waals surface area contributed by atoms with E-state index in [1.165, 1.54) is 41.4 Å². The van der Waals surface area contributed by atoms with Gasteiger partial charge in [0, 0.05) is 42.3 Å². The average molecular weight is 505 g/mol. The van der Waals surface area contributed by atoms with E-state index in [9.17, 15) is 22.8 Å². The van der Waals surface area contributed by atoms with Crippen LogP contribution in [0.5, 0.6) is 0 Å².